The van der Waals surface area contributed by atoms with E-state index in [4.69, 9.17) is 0 Å². The van der Waals surface area contributed by atoms with Crippen LogP contribution in [0.1, 0.15) is 82.6 Å². The minimum absolute atomic E-state index is 0.0499. The van der Waals surface area contributed by atoms with Crippen LogP contribution >= 0.6 is 0 Å². The predicted molar refractivity (Wildman–Crippen MR) is 160 cm³/mol. The van der Waals surface area contributed by atoms with Crippen molar-refractivity contribution < 1.29 is 30.0 Å². The van der Waals surface area contributed by atoms with Crippen LogP contribution in [0.15, 0.2) is 59.6 Å². The number of phenolic OH excluding ortho intramolecular Hbond substituents is 1. The van der Waals surface area contributed by atoms with Crippen molar-refractivity contribution >= 4 is 17.1 Å². The molecule has 0 fully saturated rings. The molecule has 0 saturated carbocycles. The summed E-state index contributed by atoms with van der Waals surface area (Å²) in [5.41, 5.74) is 3.38. The van der Waals surface area contributed by atoms with Crippen LogP contribution in [0, 0.1) is 17.3 Å². The molecule has 0 aromatic heterocycles. The van der Waals surface area contributed by atoms with Gasteiger partial charge in [0.1, 0.15) is 22.8 Å². The van der Waals surface area contributed by atoms with E-state index in [1.165, 1.54) is 5.56 Å². The van der Waals surface area contributed by atoms with E-state index >= 15 is 0 Å². The molecule has 3 aliphatic rings. The maximum absolute atomic E-state index is 12.7. The van der Waals surface area contributed by atoms with Gasteiger partial charge in [-0.3, -0.25) is 9.59 Å². The molecule has 216 valence electrons. The van der Waals surface area contributed by atoms with Gasteiger partial charge in [-0.05, 0) is 77.3 Å². The van der Waals surface area contributed by atoms with Crippen molar-refractivity contribution in [1.29, 1.82) is 0 Å². The molecule has 6 nitrogen and oxygen atoms in total. The van der Waals surface area contributed by atoms with Gasteiger partial charge in [0.05, 0.1) is 0 Å². The lowest BCUT2D eigenvalue weighted by Crippen LogP contribution is -2.52. The molecule has 3 aliphatic carbocycles. The minimum Gasteiger partial charge on any atom is -0.508 e. The highest BCUT2D eigenvalue weighted by Crippen LogP contribution is 2.57. The molecule has 5 rings (SSSR count). The Balaban J connectivity index is 1.68. The first-order chi connectivity index (χ1) is 19.1. The van der Waals surface area contributed by atoms with Gasteiger partial charge in [0.25, 0.3) is 0 Å². The number of aliphatic hydroxyl groups is 3. The summed E-state index contributed by atoms with van der Waals surface area (Å²) >= 11 is 0. The van der Waals surface area contributed by atoms with Crippen molar-refractivity contribution in [2.24, 2.45) is 17.3 Å². The van der Waals surface area contributed by atoms with Crippen LogP contribution in [0.2, 0.25) is 0 Å². The molecule has 0 aliphatic heterocycles. The van der Waals surface area contributed by atoms with Crippen LogP contribution in [0.5, 0.6) is 5.75 Å². The third kappa shape index (κ3) is 4.53. The number of allylic oxidation sites excluding steroid dienone is 3. The van der Waals surface area contributed by atoms with Crippen molar-refractivity contribution in [2.75, 3.05) is 0 Å². The molecule has 3 atom stereocenters. The molecule has 0 unspecified atom stereocenters. The minimum atomic E-state index is -2.27. The van der Waals surface area contributed by atoms with Crippen molar-refractivity contribution in [3.8, 4) is 16.9 Å². The van der Waals surface area contributed by atoms with Crippen LogP contribution in [-0.4, -0.2) is 37.6 Å². The number of carbonyl (C=O) groups is 2. The number of rotatable bonds is 4. The fourth-order valence-electron chi connectivity index (χ4n) is 7.16. The first kappa shape index (κ1) is 28.9. The smallest absolute Gasteiger partial charge is 0.182 e. The average Bonchev–Trinajstić information content (AvgIpc) is 2.85. The van der Waals surface area contributed by atoms with Crippen molar-refractivity contribution in [1.82, 2.24) is 0 Å². The highest BCUT2D eigenvalue weighted by Gasteiger charge is 2.57. The molecule has 0 saturated heterocycles. The topological polar surface area (TPSA) is 115 Å². The lowest BCUT2D eigenvalue weighted by atomic mass is 9.59. The van der Waals surface area contributed by atoms with Crippen molar-refractivity contribution in [3.63, 3.8) is 0 Å². The van der Waals surface area contributed by atoms with Gasteiger partial charge in [0, 0.05) is 29.0 Å². The Morgan fingerprint density at radius 3 is 2.27 bits per heavy atom. The van der Waals surface area contributed by atoms with Crippen LogP contribution in [-0.2, 0) is 22.4 Å². The number of hydrogen-bond donors (Lipinski definition) is 4. The number of benzene rings is 2. The fraction of sp³-hybridized carbons (Fsp3) is 0.429. The van der Waals surface area contributed by atoms with E-state index in [2.05, 4.69) is 53.3 Å². The van der Waals surface area contributed by atoms with Gasteiger partial charge in [-0.1, -0.05) is 65.5 Å². The lowest BCUT2D eigenvalue weighted by molar-refractivity contribution is -0.127. The summed E-state index contributed by atoms with van der Waals surface area (Å²) in [4.78, 5) is 24.9. The standard InChI is InChI=1S/C35H40O6/c1-17(2)24-15-25(21-10-8-20(9-11-21)16-34(5,6)7)31(38)29-18(3)28-22(13-26(24)29)12-23-14-27(37)30(19(4)36)33(40)35(23,41)32(28)39/h8-11,15,17,22-23,38-41H,3,12-14,16H2,1-2,4-7H3/t22-,23+,35+/m0/s1. The highest BCUT2D eigenvalue weighted by atomic mass is 16.4. The van der Waals surface area contributed by atoms with Gasteiger partial charge >= 0.3 is 0 Å². The highest BCUT2D eigenvalue weighted by molar-refractivity contribution is 6.20. The second-order valence-corrected chi connectivity index (χ2v) is 13.6. The van der Waals surface area contributed by atoms with E-state index in [1.807, 2.05) is 18.2 Å². The molecule has 0 heterocycles. The fourth-order valence-corrected chi connectivity index (χ4v) is 7.16. The van der Waals surface area contributed by atoms with Crippen molar-refractivity contribution in [2.45, 2.75) is 78.7 Å². The first-order valence-electron chi connectivity index (χ1n) is 14.4. The molecule has 2 aromatic rings. The molecular weight excluding hydrogens is 516 g/mol. The van der Waals surface area contributed by atoms with Crippen molar-refractivity contribution in [3.05, 3.63) is 81.8 Å². The Hall–Kier alpha value is -3.64. The molecule has 6 heteroatoms. The quantitative estimate of drug-likeness (QED) is 0.305. The summed E-state index contributed by atoms with van der Waals surface area (Å²) in [6.07, 6.45) is 1.55. The molecule has 0 spiro atoms. The zero-order chi connectivity index (χ0) is 30.2. The van der Waals surface area contributed by atoms with E-state index in [0.29, 0.717) is 35.1 Å². The van der Waals surface area contributed by atoms with Gasteiger partial charge in [0.15, 0.2) is 17.2 Å². The second-order valence-electron chi connectivity index (χ2n) is 13.6. The Bertz CT molecular complexity index is 1550. The number of phenols is 1. The van der Waals surface area contributed by atoms with E-state index in [1.54, 1.807) is 0 Å². The van der Waals surface area contributed by atoms with E-state index in [0.717, 1.165) is 30.0 Å². The molecule has 0 amide bonds. The zero-order valence-corrected chi connectivity index (χ0v) is 24.8. The number of fused-ring (bicyclic) bond motifs is 3. The summed E-state index contributed by atoms with van der Waals surface area (Å²) in [5, 5.41) is 46.0. The molecule has 0 bridgehead atoms. The third-order valence-electron chi connectivity index (χ3n) is 8.99. The summed E-state index contributed by atoms with van der Waals surface area (Å²) in [6.45, 7) is 16.2. The number of ketones is 2. The van der Waals surface area contributed by atoms with Gasteiger partial charge in [-0.2, -0.15) is 0 Å². The van der Waals surface area contributed by atoms with E-state index in [9.17, 15) is 30.0 Å². The third-order valence-corrected chi connectivity index (χ3v) is 8.99. The van der Waals surface area contributed by atoms with Gasteiger partial charge < -0.3 is 20.4 Å². The zero-order valence-electron chi connectivity index (χ0n) is 24.8. The Kier molecular flexibility index (Phi) is 6.85. The molecular formula is C35H40O6. The summed E-state index contributed by atoms with van der Waals surface area (Å²) in [6, 6.07) is 10.2. The summed E-state index contributed by atoms with van der Waals surface area (Å²) in [5.74, 6) is -3.38. The normalized spacial score (nSPS) is 24.4. The first-order valence-corrected chi connectivity index (χ1v) is 14.4. The molecule has 41 heavy (non-hydrogen) atoms. The maximum Gasteiger partial charge on any atom is 0.182 e. The van der Waals surface area contributed by atoms with Gasteiger partial charge in [-0.25, -0.2) is 0 Å². The average molecular weight is 557 g/mol. The number of Topliss-reactive ketones (excluding diaryl/α,β-unsaturated/α-hetero) is 2. The number of hydrogen-bond acceptors (Lipinski definition) is 6. The number of aromatic hydroxyl groups is 1. The molecule has 4 N–H and O–H groups in total. The van der Waals surface area contributed by atoms with Crippen LogP contribution in [0.25, 0.3) is 16.7 Å². The Labute approximate surface area is 241 Å². The Morgan fingerprint density at radius 1 is 1.07 bits per heavy atom. The number of carbonyl (C=O) groups excluding carboxylic acids is 2. The van der Waals surface area contributed by atoms with Crippen LogP contribution in [0.4, 0.5) is 0 Å². The molecule has 0 radical (unpaired) electrons. The summed E-state index contributed by atoms with van der Waals surface area (Å²) in [7, 11) is 0. The maximum atomic E-state index is 12.7. The monoisotopic (exact) mass is 556 g/mol. The van der Waals surface area contributed by atoms with Gasteiger partial charge in [-0.15, -0.1) is 0 Å². The second kappa shape index (κ2) is 9.73. The van der Waals surface area contributed by atoms with E-state index in [-0.39, 0.29) is 29.4 Å². The predicted octanol–water partition coefficient (Wildman–Crippen LogP) is 6.89. The van der Waals surface area contributed by atoms with Crippen LogP contribution < -0.4 is 0 Å². The largest absolute Gasteiger partial charge is 0.508 e. The van der Waals surface area contributed by atoms with Crippen LogP contribution in [0.3, 0.4) is 0 Å². The lowest BCUT2D eigenvalue weighted by Gasteiger charge is -2.47. The van der Waals surface area contributed by atoms with E-state index < -0.39 is 40.2 Å². The molecule has 2 aromatic carbocycles. The van der Waals surface area contributed by atoms with Gasteiger partial charge in [0.2, 0.25) is 0 Å². The Morgan fingerprint density at radius 2 is 1.71 bits per heavy atom. The summed E-state index contributed by atoms with van der Waals surface area (Å²) < 4.78 is 0. The SMILES string of the molecule is C=C1C2=C(O)[C@@]3(O)C(O)=C(C(C)=O)C(=O)C[C@H]3C[C@H]2Cc2c(C(C)C)cc(-c3ccc(CC(C)(C)C)cc3)c(O)c21. The number of aliphatic hydroxyl groups excluding tert-OH is 2.